The molecule has 4 amide bonds. The molecule has 3 aliphatic heterocycles. The van der Waals surface area contributed by atoms with Crippen molar-refractivity contribution in [3.63, 3.8) is 0 Å². The van der Waals surface area contributed by atoms with E-state index in [0.29, 0.717) is 46.3 Å². The topological polar surface area (TPSA) is 129 Å². The predicted octanol–water partition coefficient (Wildman–Crippen LogP) is 6.22. The van der Waals surface area contributed by atoms with E-state index in [9.17, 15) is 23.9 Å². The molecule has 3 heterocycles. The number of morpholine rings is 1. The van der Waals surface area contributed by atoms with E-state index in [1.54, 1.807) is 54.6 Å². The molecule has 3 saturated heterocycles. The average molecular weight is 777 g/mol. The van der Waals surface area contributed by atoms with Crippen LogP contribution in [-0.2, 0) is 29.3 Å². The number of aromatic hydroxyl groups is 1. The van der Waals surface area contributed by atoms with Crippen LogP contribution in [-0.4, -0.2) is 67.2 Å². The number of nitrogens with zero attached hydrogens (tertiary/aromatic N) is 3. The minimum absolute atomic E-state index is 0.0614. The van der Waals surface area contributed by atoms with Crippen LogP contribution in [0.2, 0.25) is 5.02 Å². The van der Waals surface area contributed by atoms with E-state index in [1.165, 1.54) is 36.3 Å². The van der Waals surface area contributed by atoms with E-state index < -0.39 is 52.6 Å². The lowest BCUT2D eigenvalue weighted by Crippen LogP contribution is -2.53. The number of halogens is 2. The van der Waals surface area contributed by atoms with Crippen LogP contribution in [0, 0.1) is 29.5 Å². The van der Waals surface area contributed by atoms with Gasteiger partial charge in [-0.05, 0) is 91.1 Å². The molecule has 6 atom stereocenters. The number of methoxy groups -OCH3 is 1. The van der Waals surface area contributed by atoms with Crippen molar-refractivity contribution in [2.24, 2.45) is 23.7 Å². The second-order valence-electron chi connectivity index (χ2n) is 14.9. The number of nitrogens with one attached hydrogen (secondary N) is 1. The van der Waals surface area contributed by atoms with Gasteiger partial charge in [0.15, 0.2) is 11.5 Å². The van der Waals surface area contributed by atoms with Crippen LogP contribution in [0.3, 0.4) is 0 Å². The molecule has 13 heteroatoms. The molecule has 4 aromatic rings. The van der Waals surface area contributed by atoms with Gasteiger partial charge in [-0.1, -0.05) is 47.5 Å². The maximum Gasteiger partial charge on any atom is 0.260 e. The van der Waals surface area contributed by atoms with Crippen LogP contribution in [0.1, 0.15) is 29.9 Å². The summed E-state index contributed by atoms with van der Waals surface area (Å²) in [5.41, 5.74) is 4.52. The highest BCUT2D eigenvalue weighted by Crippen LogP contribution is 2.65. The maximum absolute atomic E-state index is 15.3. The van der Waals surface area contributed by atoms with Gasteiger partial charge in [-0.15, -0.1) is 0 Å². The number of carbonyl (C=O) groups is 4. The monoisotopic (exact) mass is 776 g/mol. The van der Waals surface area contributed by atoms with Gasteiger partial charge in [0, 0.05) is 35.3 Å². The molecule has 11 nitrogen and oxygen atoms in total. The number of hydrazine groups is 1. The molecule has 2 aliphatic carbocycles. The number of para-hydroxylation sites is 1. The minimum atomic E-state index is -1.64. The van der Waals surface area contributed by atoms with Crippen molar-refractivity contribution >= 4 is 52.3 Å². The van der Waals surface area contributed by atoms with Gasteiger partial charge in [0.05, 0.1) is 54.9 Å². The molecule has 4 fully saturated rings. The molecular formula is C43H38ClFN4O7. The molecule has 286 valence electrons. The van der Waals surface area contributed by atoms with Crippen LogP contribution >= 0.6 is 11.6 Å². The molecule has 2 N–H and O–H groups in total. The van der Waals surface area contributed by atoms with Crippen LogP contribution in [0.25, 0.3) is 0 Å². The van der Waals surface area contributed by atoms with Gasteiger partial charge in [0.1, 0.15) is 5.82 Å². The third-order valence-corrected chi connectivity index (χ3v) is 12.6. The van der Waals surface area contributed by atoms with Gasteiger partial charge in [-0.25, -0.2) is 4.39 Å². The Bertz CT molecular complexity index is 2280. The lowest BCUT2D eigenvalue weighted by atomic mass is 9.49. The van der Waals surface area contributed by atoms with Gasteiger partial charge in [0.2, 0.25) is 11.8 Å². The Morgan fingerprint density at radius 3 is 2.25 bits per heavy atom. The van der Waals surface area contributed by atoms with Crippen molar-refractivity contribution in [1.29, 1.82) is 0 Å². The summed E-state index contributed by atoms with van der Waals surface area (Å²) < 4.78 is 25.0. The van der Waals surface area contributed by atoms with E-state index in [-0.39, 0.29) is 36.2 Å². The first kappa shape index (κ1) is 35.9. The third kappa shape index (κ3) is 5.41. The Morgan fingerprint density at radius 1 is 0.857 bits per heavy atom. The lowest BCUT2D eigenvalue weighted by Gasteiger charge is -2.50. The standard InChI is InChI=1S/C43H38ClFN4O7/c1-55-35-4-2-3-32(38(35)50)37-30-17-18-31-36(41(53)48(39(31)51)29-15-13-28(14-16-29)47-19-21-56-22-20-47)33(30)23-34-40(52)49(46-27-11-9-26(45)10-12-27)42(54)43(34,37)24-5-7-25(44)8-6-24/h2-17,31,33-34,36-37,46,50H,18-23H2,1H3. The largest absolute Gasteiger partial charge is 0.504 e. The summed E-state index contributed by atoms with van der Waals surface area (Å²) in [5, 5.41) is 13.2. The number of amides is 4. The van der Waals surface area contributed by atoms with Crippen molar-refractivity contribution < 1.29 is 38.1 Å². The molecule has 0 bridgehead atoms. The Labute approximate surface area is 327 Å². The van der Waals surface area contributed by atoms with E-state index in [2.05, 4.69) is 10.3 Å². The predicted molar refractivity (Wildman–Crippen MR) is 206 cm³/mol. The molecule has 0 spiro atoms. The van der Waals surface area contributed by atoms with Gasteiger partial charge in [0.25, 0.3) is 11.8 Å². The first-order valence-electron chi connectivity index (χ1n) is 18.7. The number of phenolic OH excluding ortho intramolecular Hbond substituents is 1. The van der Waals surface area contributed by atoms with Crippen LogP contribution < -0.4 is 20.0 Å². The number of anilines is 3. The van der Waals surface area contributed by atoms with Crippen molar-refractivity contribution in [2.75, 3.05) is 48.6 Å². The molecule has 0 aromatic heterocycles. The number of imide groups is 2. The summed E-state index contributed by atoms with van der Waals surface area (Å²) >= 11 is 6.38. The molecule has 5 aliphatic rings. The van der Waals surface area contributed by atoms with Crippen LogP contribution in [0.4, 0.5) is 21.5 Å². The smallest absolute Gasteiger partial charge is 0.260 e. The number of ether oxygens (including phenoxy) is 2. The normalized spacial score (nSPS) is 27.2. The second kappa shape index (κ2) is 13.8. The fraction of sp³-hybridized carbons (Fsp3) is 0.302. The number of allylic oxidation sites excluding steroid dienone is 2. The SMILES string of the molecule is COc1cccc(C2C3=CCC4C(=O)N(c5ccc(N6CCOCC6)cc5)C(=O)C4C3CC3C(=O)N(Nc4ccc(F)cc4)C(=O)C32c2ccc(Cl)cc2)c1O. The first-order chi connectivity index (χ1) is 27.1. The molecule has 0 radical (unpaired) electrons. The summed E-state index contributed by atoms with van der Waals surface area (Å²) in [7, 11) is 1.42. The number of benzene rings is 4. The molecule has 56 heavy (non-hydrogen) atoms. The van der Waals surface area contributed by atoms with Crippen LogP contribution in [0.15, 0.2) is 103 Å². The fourth-order valence-corrected chi connectivity index (χ4v) is 9.95. The van der Waals surface area contributed by atoms with E-state index >= 15 is 4.79 Å². The van der Waals surface area contributed by atoms with E-state index in [4.69, 9.17) is 21.1 Å². The van der Waals surface area contributed by atoms with Gasteiger partial charge >= 0.3 is 0 Å². The number of fused-ring (bicyclic) bond motifs is 4. The van der Waals surface area contributed by atoms with Crippen molar-refractivity contribution in [3.05, 3.63) is 125 Å². The average Bonchev–Trinajstić information content (AvgIpc) is 3.60. The quantitative estimate of drug-likeness (QED) is 0.166. The number of phenols is 1. The summed E-state index contributed by atoms with van der Waals surface area (Å²) in [6, 6.07) is 24.4. The van der Waals surface area contributed by atoms with Gasteiger partial charge < -0.3 is 19.5 Å². The summed E-state index contributed by atoms with van der Waals surface area (Å²) in [6.07, 6.45) is 2.20. The molecule has 6 unspecified atom stereocenters. The second-order valence-corrected chi connectivity index (χ2v) is 15.3. The van der Waals surface area contributed by atoms with Crippen molar-refractivity contribution in [3.8, 4) is 11.5 Å². The lowest BCUT2D eigenvalue weighted by molar-refractivity contribution is -0.138. The van der Waals surface area contributed by atoms with Crippen LogP contribution in [0.5, 0.6) is 11.5 Å². The Hall–Kier alpha value is -5.72. The number of carbonyl (C=O) groups excluding carboxylic acids is 4. The minimum Gasteiger partial charge on any atom is -0.504 e. The summed E-state index contributed by atoms with van der Waals surface area (Å²) in [5.74, 6) is -6.60. The van der Waals surface area contributed by atoms with Gasteiger partial charge in [-0.2, -0.15) is 5.01 Å². The first-order valence-corrected chi connectivity index (χ1v) is 19.0. The highest BCUT2D eigenvalue weighted by molar-refractivity contribution is 6.30. The van der Waals surface area contributed by atoms with E-state index in [1.807, 2.05) is 18.2 Å². The zero-order chi connectivity index (χ0) is 38.9. The zero-order valence-electron chi connectivity index (χ0n) is 30.4. The molecule has 4 aromatic carbocycles. The third-order valence-electron chi connectivity index (χ3n) is 12.3. The highest BCUT2D eigenvalue weighted by atomic mass is 35.5. The van der Waals surface area contributed by atoms with Crippen molar-refractivity contribution in [2.45, 2.75) is 24.2 Å². The highest BCUT2D eigenvalue weighted by Gasteiger charge is 2.70. The van der Waals surface area contributed by atoms with Crippen molar-refractivity contribution in [1.82, 2.24) is 5.01 Å². The molecular weight excluding hydrogens is 739 g/mol. The Kier molecular flexibility index (Phi) is 8.85. The number of rotatable bonds is 7. The maximum atomic E-state index is 15.3. The van der Waals surface area contributed by atoms with E-state index in [0.717, 1.165) is 23.8 Å². The Balaban J connectivity index is 1.18. The summed E-state index contributed by atoms with van der Waals surface area (Å²) in [6.45, 7) is 2.71. The zero-order valence-corrected chi connectivity index (χ0v) is 31.1. The fourth-order valence-electron chi connectivity index (χ4n) is 9.83. The number of hydrogen-bond acceptors (Lipinski definition) is 9. The molecule has 1 saturated carbocycles. The van der Waals surface area contributed by atoms with Gasteiger partial charge in [-0.3, -0.25) is 29.5 Å². The Morgan fingerprint density at radius 2 is 1.55 bits per heavy atom. The number of hydrogen-bond donors (Lipinski definition) is 2. The summed E-state index contributed by atoms with van der Waals surface area (Å²) in [4.78, 5) is 62.6. The molecule has 9 rings (SSSR count).